The molecule has 4 unspecified atom stereocenters. The summed E-state index contributed by atoms with van der Waals surface area (Å²) >= 11 is 2.08. The Morgan fingerprint density at radius 1 is 1.37 bits per heavy atom. The van der Waals surface area contributed by atoms with Crippen LogP contribution in [-0.4, -0.2) is 11.0 Å². The van der Waals surface area contributed by atoms with Crippen LogP contribution in [-0.2, 0) is 0 Å². The third-order valence-electron chi connectivity index (χ3n) is 5.59. The molecule has 0 aromatic rings. The van der Waals surface area contributed by atoms with Crippen molar-refractivity contribution >= 4 is 11.8 Å². The molecule has 19 heavy (non-hydrogen) atoms. The van der Waals surface area contributed by atoms with Gasteiger partial charge in [-0.2, -0.15) is 11.8 Å². The Morgan fingerprint density at radius 2 is 2.00 bits per heavy atom. The molecule has 0 aromatic carbocycles. The summed E-state index contributed by atoms with van der Waals surface area (Å²) in [7, 11) is 0. The Labute approximate surface area is 125 Å². The van der Waals surface area contributed by atoms with Crippen LogP contribution in [0.25, 0.3) is 0 Å². The van der Waals surface area contributed by atoms with Crippen molar-refractivity contribution in [2.75, 3.05) is 6.26 Å². The van der Waals surface area contributed by atoms with E-state index in [1.54, 1.807) is 0 Å². The molecular weight excluding hydrogens is 248 g/mol. The molecule has 5 atom stereocenters. The van der Waals surface area contributed by atoms with E-state index in [1.165, 1.54) is 37.7 Å². The topological polar surface area (TPSA) is 0 Å². The van der Waals surface area contributed by atoms with Gasteiger partial charge in [-0.15, -0.1) is 6.58 Å². The quantitative estimate of drug-likeness (QED) is 0.525. The van der Waals surface area contributed by atoms with Gasteiger partial charge in [-0.25, -0.2) is 0 Å². The van der Waals surface area contributed by atoms with Gasteiger partial charge in [0.15, 0.2) is 0 Å². The van der Waals surface area contributed by atoms with Crippen LogP contribution in [0.5, 0.6) is 0 Å². The van der Waals surface area contributed by atoms with Crippen molar-refractivity contribution in [1.82, 2.24) is 0 Å². The van der Waals surface area contributed by atoms with Crippen molar-refractivity contribution in [2.45, 2.75) is 71.5 Å². The van der Waals surface area contributed by atoms with Crippen molar-refractivity contribution in [3.63, 3.8) is 0 Å². The molecule has 0 nitrogen and oxygen atoms in total. The Balaban J connectivity index is 2.45. The summed E-state index contributed by atoms with van der Waals surface area (Å²) in [5.74, 6) is 3.46. The lowest BCUT2D eigenvalue weighted by Gasteiger charge is -2.43. The fraction of sp³-hybridized carbons (Fsp3) is 0.889. The molecule has 0 saturated heterocycles. The second-order valence-electron chi connectivity index (χ2n) is 7.41. The lowest BCUT2D eigenvalue weighted by atomic mass is 9.71. The molecule has 0 radical (unpaired) electrons. The monoisotopic (exact) mass is 282 g/mol. The first-order chi connectivity index (χ1) is 8.78. The minimum absolute atomic E-state index is 0.531. The van der Waals surface area contributed by atoms with E-state index >= 15 is 0 Å². The van der Waals surface area contributed by atoms with E-state index < -0.39 is 0 Å². The summed E-state index contributed by atoms with van der Waals surface area (Å²) in [6.07, 6.45) is 9.18. The van der Waals surface area contributed by atoms with E-state index in [9.17, 15) is 0 Å². The predicted octanol–water partition coefficient (Wildman–Crippen LogP) is 6.17. The number of hydrogen-bond donors (Lipinski definition) is 0. The third kappa shape index (κ3) is 4.85. The molecule has 0 heterocycles. The number of rotatable bonds is 6. The first-order valence-corrected chi connectivity index (χ1v) is 9.20. The third-order valence-corrected chi connectivity index (χ3v) is 7.13. The number of allylic oxidation sites excluding steroid dienone is 1. The smallest absolute Gasteiger partial charge is 0.0154 e. The minimum Gasteiger partial charge on any atom is -0.159 e. The normalized spacial score (nSPS) is 34.8. The van der Waals surface area contributed by atoms with Gasteiger partial charge in [0.2, 0.25) is 0 Å². The molecule has 0 aliphatic heterocycles. The van der Waals surface area contributed by atoms with E-state index in [-0.39, 0.29) is 0 Å². The van der Waals surface area contributed by atoms with Gasteiger partial charge in [0, 0.05) is 4.75 Å². The van der Waals surface area contributed by atoms with E-state index in [2.05, 4.69) is 59.2 Å². The summed E-state index contributed by atoms with van der Waals surface area (Å²) in [4.78, 5) is 0. The lowest BCUT2D eigenvalue weighted by molar-refractivity contribution is 0.189. The van der Waals surface area contributed by atoms with Gasteiger partial charge in [-0.05, 0) is 69.0 Å². The second kappa shape index (κ2) is 7.20. The largest absolute Gasteiger partial charge is 0.159 e. The molecule has 0 amide bonds. The van der Waals surface area contributed by atoms with Crippen molar-refractivity contribution in [3.05, 3.63) is 12.2 Å². The molecule has 0 bridgehead atoms. The molecule has 1 heteroatoms. The molecule has 0 aromatic heterocycles. The van der Waals surface area contributed by atoms with Gasteiger partial charge in [0.1, 0.15) is 0 Å². The molecule has 1 aliphatic rings. The minimum atomic E-state index is 0.531. The van der Waals surface area contributed by atoms with Gasteiger partial charge in [0.25, 0.3) is 0 Å². The molecule has 1 rings (SSSR count). The SMILES string of the molecule is C=C(C)CC(C)[C@@H](C)CC1CCC(C)(SC)C(C)C1. The fourth-order valence-electron chi connectivity index (χ4n) is 3.63. The highest BCUT2D eigenvalue weighted by molar-refractivity contribution is 7.99. The maximum Gasteiger partial charge on any atom is 0.0154 e. The van der Waals surface area contributed by atoms with Crippen LogP contribution in [0.15, 0.2) is 12.2 Å². The maximum absolute atomic E-state index is 4.06. The van der Waals surface area contributed by atoms with E-state index in [1.807, 2.05) is 0 Å². The highest BCUT2D eigenvalue weighted by atomic mass is 32.2. The lowest BCUT2D eigenvalue weighted by Crippen LogP contribution is -2.36. The Hall–Kier alpha value is 0.0900. The highest BCUT2D eigenvalue weighted by Gasteiger charge is 2.37. The Kier molecular flexibility index (Phi) is 6.50. The van der Waals surface area contributed by atoms with Crippen LogP contribution in [0, 0.1) is 23.7 Å². The summed E-state index contributed by atoms with van der Waals surface area (Å²) < 4.78 is 0.531. The van der Waals surface area contributed by atoms with Crippen molar-refractivity contribution in [3.8, 4) is 0 Å². The van der Waals surface area contributed by atoms with E-state index in [4.69, 9.17) is 0 Å². The van der Waals surface area contributed by atoms with Gasteiger partial charge in [-0.3, -0.25) is 0 Å². The fourth-order valence-corrected chi connectivity index (χ4v) is 4.45. The van der Waals surface area contributed by atoms with Crippen molar-refractivity contribution in [1.29, 1.82) is 0 Å². The van der Waals surface area contributed by atoms with Gasteiger partial charge in [0.05, 0.1) is 0 Å². The molecule has 0 N–H and O–H groups in total. The molecule has 1 fully saturated rings. The molecule has 1 aliphatic carbocycles. The molecular formula is C18H34S. The Bertz CT molecular complexity index is 296. The number of hydrogen-bond acceptors (Lipinski definition) is 1. The average Bonchev–Trinajstić information content (AvgIpc) is 2.33. The van der Waals surface area contributed by atoms with Crippen LogP contribution in [0.4, 0.5) is 0 Å². The molecule has 112 valence electrons. The van der Waals surface area contributed by atoms with Crippen LogP contribution in [0.3, 0.4) is 0 Å². The first-order valence-electron chi connectivity index (χ1n) is 7.98. The second-order valence-corrected chi connectivity index (χ2v) is 8.75. The summed E-state index contributed by atoms with van der Waals surface area (Å²) in [6, 6.07) is 0. The van der Waals surface area contributed by atoms with Crippen molar-refractivity contribution in [2.24, 2.45) is 23.7 Å². The zero-order valence-corrected chi connectivity index (χ0v) is 14.8. The van der Waals surface area contributed by atoms with Gasteiger partial charge < -0.3 is 0 Å². The molecule has 1 saturated carbocycles. The maximum atomic E-state index is 4.06. The van der Waals surface area contributed by atoms with Crippen molar-refractivity contribution < 1.29 is 0 Å². The predicted molar refractivity (Wildman–Crippen MR) is 90.8 cm³/mol. The van der Waals surface area contributed by atoms with Crippen LogP contribution in [0.1, 0.15) is 66.7 Å². The highest BCUT2D eigenvalue weighted by Crippen LogP contribution is 2.46. The van der Waals surface area contributed by atoms with Gasteiger partial charge >= 0.3 is 0 Å². The van der Waals surface area contributed by atoms with Crippen LogP contribution >= 0.6 is 11.8 Å². The van der Waals surface area contributed by atoms with Gasteiger partial charge in [-0.1, -0.05) is 33.3 Å². The zero-order valence-electron chi connectivity index (χ0n) is 14.0. The summed E-state index contributed by atoms with van der Waals surface area (Å²) in [6.45, 7) is 16.0. The summed E-state index contributed by atoms with van der Waals surface area (Å²) in [5.41, 5.74) is 1.34. The first kappa shape index (κ1) is 17.1. The van der Waals surface area contributed by atoms with Crippen LogP contribution in [0.2, 0.25) is 0 Å². The zero-order chi connectivity index (χ0) is 14.6. The Morgan fingerprint density at radius 3 is 2.47 bits per heavy atom. The van der Waals surface area contributed by atoms with E-state index in [0.29, 0.717) is 4.75 Å². The average molecular weight is 283 g/mol. The molecule has 0 spiro atoms. The number of thioether (sulfide) groups is 1. The van der Waals surface area contributed by atoms with E-state index in [0.717, 1.165) is 23.7 Å². The van der Waals surface area contributed by atoms with Crippen LogP contribution < -0.4 is 0 Å². The standard InChI is InChI=1S/C18H34S/c1-13(2)10-14(3)15(4)11-17-8-9-18(6,19-7)16(5)12-17/h14-17H,1,8-12H2,2-7H3/t14?,15-,16?,17?,18?/m0/s1. The summed E-state index contributed by atoms with van der Waals surface area (Å²) in [5, 5.41) is 0.